The summed E-state index contributed by atoms with van der Waals surface area (Å²) in [5.74, 6) is 0.956. The lowest BCUT2D eigenvalue weighted by molar-refractivity contribution is 0.0761. The van der Waals surface area contributed by atoms with Crippen LogP contribution in [-0.2, 0) is 6.42 Å². The van der Waals surface area contributed by atoms with Crippen molar-refractivity contribution in [2.75, 3.05) is 20.2 Å². The summed E-state index contributed by atoms with van der Waals surface area (Å²) in [5.41, 5.74) is 1.77. The Kier molecular flexibility index (Phi) is 5.22. The second kappa shape index (κ2) is 7.13. The van der Waals surface area contributed by atoms with Crippen LogP contribution in [0.15, 0.2) is 30.9 Å². The molecule has 3 nitrogen and oxygen atoms in total. The zero-order valence-corrected chi connectivity index (χ0v) is 12.2. The van der Waals surface area contributed by atoms with E-state index in [0.717, 1.165) is 42.8 Å². The highest BCUT2D eigenvalue weighted by Gasteiger charge is 2.18. The zero-order chi connectivity index (χ0) is 14.4. The fourth-order valence-electron chi connectivity index (χ4n) is 2.68. The van der Waals surface area contributed by atoms with Gasteiger partial charge in [0.15, 0.2) is 0 Å². The molecule has 1 heterocycles. The summed E-state index contributed by atoms with van der Waals surface area (Å²) < 4.78 is 5.33. The second-order valence-corrected chi connectivity index (χ2v) is 5.23. The van der Waals surface area contributed by atoms with Gasteiger partial charge in [0.05, 0.1) is 7.11 Å². The molecule has 0 unspecified atom stereocenters. The predicted octanol–water partition coefficient (Wildman–Crippen LogP) is 3.44. The van der Waals surface area contributed by atoms with Crippen molar-refractivity contribution < 1.29 is 9.53 Å². The van der Waals surface area contributed by atoms with E-state index in [1.54, 1.807) is 7.11 Å². The number of hydrogen-bond donors (Lipinski definition) is 0. The van der Waals surface area contributed by atoms with Gasteiger partial charge >= 0.3 is 0 Å². The lowest BCUT2D eigenvalue weighted by Crippen LogP contribution is -2.31. The molecule has 2 rings (SSSR count). The van der Waals surface area contributed by atoms with Crippen molar-refractivity contribution in [1.29, 1.82) is 0 Å². The van der Waals surface area contributed by atoms with Crippen LogP contribution in [0.1, 0.15) is 41.6 Å². The number of amides is 1. The van der Waals surface area contributed by atoms with Crippen molar-refractivity contribution in [3.05, 3.63) is 42.0 Å². The molecule has 1 aliphatic heterocycles. The van der Waals surface area contributed by atoms with Crippen molar-refractivity contribution >= 4 is 5.91 Å². The number of hydrogen-bond acceptors (Lipinski definition) is 2. The Morgan fingerprint density at radius 3 is 2.60 bits per heavy atom. The zero-order valence-electron chi connectivity index (χ0n) is 12.2. The van der Waals surface area contributed by atoms with Crippen LogP contribution in [0.3, 0.4) is 0 Å². The minimum Gasteiger partial charge on any atom is -0.496 e. The lowest BCUT2D eigenvalue weighted by atomic mass is 10.1. The third kappa shape index (κ3) is 3.41. The number of carbonyl (C=O) groups is 1. The lowest BCUT2D eigenvalue weighted by Gasteiger charge is -2.21. The van der Waals surface area contributed by atoms with Gasteiger partial charge in [-0.1, -0.05) is 18.9 Å². The topological polar surface area (TPSA) is 29.5 Å². The minimum absolute atomic E-state index is 0.139. The molecule has 20 heavy (non-hydrogen) atoms. The molecule has 1 saturated heterocycles. The van der Waals surface area contributed by atoms with Gasteiger partial charge in [0.25, 0.3) is 5.91 Å². The van der Waals surface area contributed by atoms with Crippen molar-refractivity contribution in [3.8, 4) is 5.75 Å². The van der Waals surface area contributed by atoms with Gasteiger partial charge in [-0.15, -0.1) is 6.58 Å². The van der Waals surface area contributed by atoms with Crippen molar-refractivity contribution in [1.82, 2.24) is 4.90 Å². The predicted molar refractivity (Wildman–Crippen MR) is 81.3 cm³/mol. The molecule has 0 bridgehead atoms. The molecule has 1 aromatic carbocycles. The van der Waals surface area contributed by atoms with Crippen LogP contribution in [-0.4, -0.2) is 31.0 Å². The normalized spacial score (nSPS) is 15.6. The summed E-state index contributed by atoms with van der Waals surface area (Å²) in [6, 6.07) is 5.68. The molecule has 0 aromatic heterocycles. The maximum absolute atomic E-state index is 12.6. The van der Waals surface area contributed by atoms with Crippen LogP contribution in [0, 0.1) is 0 Å². The molecule has 0 spiro atoms. The fourth-order valence-corrected chi connectivity index (χ4v) is 2.68. The Morgan fingerprint density at radius 2 is 2.00 bits per heavy atom. The summed E-state index contributed by atoms with van der Waals surface area (Å²) >= 11 is 0. The Balaban J connectivity index is 2.20. The van der Waals surface area contributed by atoms with Gasteiger partial charge in [-0.25, -0.2) is 0 Å². The molecule has 0 atom stereocenters. The number of benzene rings is 1. The third-order valence-corrected chi connectivity index (χ3v) is 3.78. The van der Waals surface area contributed by atoms with Gasteiger partial charge in [-0.2, -0.15) is 0 Å². The number of rotatable bonds is 4. The van der Waals surface area contributed by atoms with Gasteiger partial charge in [0.2, 0.25) is 0 Å². The van der Waals surface area contributed by atoms with Crippen LogP contribution < -0.4 is 4.74 Å². The van der Waals surface area contributed by atoms with E-state index in [1.807, 2.05) is 29.2 Å². The average molecular weight is 273 g/mol. The van der Waals surface area contributed by atoms with Crippen LogP contribution in [0.25, 0.3) is 0 Å². The number of carbonyl (C=O) groups excluding carboxylic acids is 1. The fraction of sp³-hybridized carbons (Fsp3) is 0.471. The van der Waals surface area contributed by atoms with Crippen molar-refractivity contribution in [2.24, 2.45) is 0 Å². The Hall–Kier alpha value is -1.77. The van der Waals surface area contributed by atoms with Crippen molar-refractivity contribution in [3.63, 3.8) is 0 Å². The molecule has 0 saturated carbocycles. The summed E-state index contributed by atoms with van der Waals surface area (Å²) in [7, 11) is 1.65. The minimum atomic E-state index is 0.139. The molecular weight excluding hydrogens is 250 g/mol. The first-order valence-electron chi connectivity index (χ1n) is 7.33. The number of methoxy groups -OCH3 is 1. The van der Waals surface area contributed by atoms with Gasteiger partial charge in [0.1, 0.15) is 5.75 Å². The molecule has 0 N–H and O–H groups in total. The van der Waals surface area contributed by atoms with Crippen molar-refractivity contribution in [2.45, 2.75) is 32.1 Å². The van der Waals surface area contributed by atoms with Crippen LogP contribution in [0.5, 0.6) is 5.75 Å². The summed E-state index contributed by atoms with van der Waals surface area (Å²) in [6.45, 7) is 5.51. The highest BCUT2D eigenvalue weighted by atomic mass is 16.5. The quantitative estimate of drug-likeness (QED) is 0.786. The van der Waals surface area contributed by atoms with Gasteiger partial charge < -0.3 is 9.64 Å². The molecule has 108 valence electrons. The smallest absolute Gasteiger partial charge is 0.253 e. The van der Waals surface area contributed by atoms with Crippen LogP contribution in [0.4, 0.5) is 0 Å². The van der Waals surface area contributed by atoms with E-state index in [0.29, 0.717) is 6.42 Å². The van der Waals surface area contributed by atoms with Gasteiger partial charge in [-0.3, -0.25) is 4.79 Å². The maximum Gasteiger partial charge on any atom is 0.253 e. The molecule has 0 aliphatic carbocycles. The summed E-state index contributed by atoms with van der Waals surface area (Å²) in [5, 5.41) is 0. The first-order chi connectivity index (χ1) is 9.76. The SMILES string of the molecule is C=CCc1cc(C(=O)N2CCCCCC2)ccc1OC. The average Bonchev–Trinajstić information content (AvgIpc) is 2.76. The van der Waals surface area contributed by atoms with Gasteiger partial charge in [-0.05, 0) is 43.0 Å². The Bertz CT molecular complexity index is 474. The summed E-state index contributed by atoms with van der Waals surface area (Å²) in [4.78, 5) is 14.5. The van der Waals surface area contributed by atoms with E-state index in [1.165, 1.54) is 12.8 Å². The highest BCUT2D eigenvalue weighted by Crippen LogP contribution is 2.22. The standard InChI is InChI=1S/C17H23NO2/c1-3-8-14-13-15(9-10-16(14)20-2)17(19)18-11-6-4-5-7-12-18/h3,9-10,13H,1,4-8,11-12H2,2H3. The molecule has 1 fully saturated rings. The van der Waals surface area contributed by atoms with E-state index in [-0.39, 0.29) is 5.91 Å². The number of likely N-dealkylation sites (tertiary alicyclic amines) is 1. The summed E-state index contributed by atoms with van der Waals surface area (Å²) in [6.07, 6.45) is 7.23. The second-order valence-electron chi connectivity index (χ2n) is 5.23. The largest absolute Gasteiger partial charge is 0.496 e. The molecular formula is C17H23NO2. The first kappa shape index (κ1) is 14.6. The van der Waals surface area contributed by atoms with E-state index in [4.69, 9.17) is 4.74 Å². The monoisotopic (exact) mass is 273 g/mol. The molecule has 1 aromatic rings. The molecule has 1 amide bonds. The van der Waals surface area contributed by atoms with E-state index in [2.05, 4.69) is 6.58 Å². The van der Waals surface area contributed by atoms with Gasteiger partial charge in [0, 0.05) is 18.7 Å². The highest BCUT2D eigenvalue weighted by molar-refractivity contribution is 5.94. The first-order valence-corrected chi connectivity index (χ1v) is 7.33. The van der Waals surface area contributed by atoms with E-state index in [9.17, 15) is 4.79 Å². The number of allylic oxidation sites excluding steroid dienone is 1. The Morgan fingerprint density at radius 1 is 1.30 bits per heavy atom. The van der Waals surface area contributed by atoms with E-state index >= 15 is 0 Å². The molecule has 1 aliphatic rings. The Labute approximate surface area is 121 Å². The van der Waals surface area contributed by atoms with E-state index < -0.39 is 0 Å². The third-order valence-electron chi connectivity index (χ3n) is 3.78. The number of nitrogens with zero attached hydrogens (tertiary/aromatic N) is 1. The molecule has 0 radical (unpaired) electrons. The number of ether oxygens (including phenoxy) is 1. The molecule has 3 heteroatoms. The van der Waals surface area contributed by atoms with Crippen LogP contribution >= 0.6 is 0 Å². The maximum atomic E-state index is 12.6. The van der Waals surface area contributed by atoms with Crippen LogP contribution in [0.2, 0.25) is 0 Å².